The largest absolute Gasteiger partial charge is 0.493 e. The van der Waals surface area contributed by atoms with Gasteiger partial charge in [-0.2, -0.15) is 0 Å². The average Bonchev–Trinajstić information content (AvgIpc) is 2.98. The molecule has 1 N–H and O–H groups in total. The van der Waals surface area contributed by atoms with E-state index < -0.39 is 0 Å². The van der Waals surface area contributed by atoms with Gasteiger partial charge in [-0.25, -0.2) is 0 Å². The van der Waals surface area contributed by atoms with Crippen LogP contribution >= 0.6 is 0 Å². The van der Waals surface area contributed by atoms with Crippen molar-refractivity contribution in [3.63, 3.8) is 0 Å². The summed E-state index contributed by atoms with van der Waals surface area (Å²) in [5.41, 5.74) is 2.36. The van der Waals surface area contributed by atoms with E-state index in [1.807, 2.05) is 0 Å². The number of benzene rings is 1. The fourth-order valence-electron chi connectivity index (χ4n) is 5.32. The highest BCUT2D eigenvalue weighted by atomic mass is 16.5. The third-order valence-electron chi connectivity index (χ3n) is 7.85. The minimum Gasteiger partial charge on any atom is -0.493 e. The molecule has 0 bridgehead atoms. The first-order chi connectivity index (χ1) is 20.6. The zero-order chi connectivity index (χ0) is 30.1. The molecule has 240 valence electrons. The van der Waals surface area contributed by atoms with Crippen molar-refractivity contribution in [1.82, 2.24) is 10.2 Å². The molecule has 2 rings (SSSR count). The molecule has 5 heteroatoms. The summed E-state index contributed by atoms with van der Waals surface area (Å²) in [7, 11) is 4.21. The van der Waals surface area contributed by atoms with Crippen LogP contribution in [0.3, 0.4) is 0 Å². The summed E-state index contributed by atoms with van der Waals surface area (Å²) >= 11 is 0. The lowest BCUT2D eigenvalue weighted by Crippen LogP contribution is -2.35. The Morgan fingerprint density at radius 3 is 2.05 bits per heavy atom. The molecule has 42 heavy (non-hydrogen) atoms. The second-order valence-electron chi connectivity index (χ2n) is 12.3. The lowest BCUT2D eigenvalue weighted by atomic mass is 10.1. The van der Waals surface area contributed by atoms with Crippen LogP contribution in [0.1, 0.15) is 127 Å². The summed E-state index contributed by atoms with van der Waals surface area (Å²) in [4.78, 5) is 2.19. The Labute approximate surface area is 259 Å². The minimum absolute atomic E-state index is 0.245. The Balaban J connectivity index is 1.59. The highest BCUT2D eigenvalue weighted by molar-refractivity contribution is 5.47. The highest BCUT2D eigenvalue weighted by Gasteiger charge is 2.13. The first-order valence-corrected chi connectivity index (χ1v) is 17.3. The average molecular weight is 585 g/mol. The van der Waals surface area contributed by atoms with Crippen molar-refractivity contribution >= 4 is 0 Å². The number of hydrogen-bond acceptors (Lipinski definition) is 5. The molecular weight excluding hydrogens is 520 g/mol. The van der Waals surface area contributed by atoms with E-state index >= 15 is 0 Å². The molecule has 0 radical (unpaired) electrons. The molecule has 1 aliphatic rings. The predicted octanol–water partition coefficient (Wildman–Crippen LogP) is 9.52. The van der Waals surface area contributed by atoms with E-state index in [-0.39, 0.29) is 6.23 Å². The molecule has 0 aromatic heterocycles. The van der Waals surface area contributed by atoms with Crippen LogP contribution in [0.2, 0.25) is 0 Å². The van der Waals surface area contributed by atoms with E-state index in [0.29, 0.717) is 0 Å². The standard InChI is InChI=1S/C37H64N2O3/c1-5-6-7-8-9-10-11-12-13-14-15-16-17-18-19-22-27-40-35-30-34(32-39(3)4)31-36(33(35)2)41-28-24-21-26-38-37-25-20-23-29-42-37/h9-10,12-13,30-31,37-38H,5-8,11,14-29,32H2,1-4H3/b10-9-,13-12-. The van der Waals surface area contributed by atoms with Crippen LogP contribution in [0.15, 0.2) is 36.4 Å². The van der Waals surface area contributed by atoms with Gasteiger partial charge in [-0.15, -0.1) is 0 Å². The van der Waals surface area contributed by atoms with Crippen LogP contribution in [0, 0.1) is 6.92 Å². The van der Waals surface area contributed by atoms with E-state index in [9.17, 15) is 0 Å². The van der Waals surface area contributed by atoms with Gasteiger partial charge in [0.25, 0.3) is 0 Å². The van der Waals surface area contributed by atoms with Crippen LogP contribution < -0.4 is 14.8 Å². The zero-order valence-corrected chi connectivity index (χ0v) is 27.8. The first-order valence-electron chi connectivity index (χ1n) is 17.3. The number of hydrogen-bond donors (Lipinski definition) is 1. The number of allylic oxidation sites excluding steroid dienone is 4. The van der Waals surface area contributed by atoms with Gasteiger partial charge in [0.1, 0.15) is 17.7 Å². The molecule has 1 heterocycles. The monoisotopic (exact) mass is 584 g/mol. The normalized spacial score (nSPS) is 15.8. The van der Waals surface area contributed by atoms with Gasteiger partial charge in [0.15, 0.2) is 0 Å². The van der Waals surface area contributed by atoms with Gasteiger partial charge in [-0.1, -0.05) is 69.8 Å². The second-order valence-corrected chi connectivity index (χ2v) is 12.3. The molecule has 1 aromatic carbocycles. The summed E-state index contributed by atoms with van der Waals surface area (Å²) in [6.07, 6.45) is 30.4. The van der Waals surface area contributed by atoms with Gasteiger partial charge in [0, 0.05) is 18.7 Å². The Morgan fingerprint density at radius 1 is 0.810 bits per heavy atom. The van der Waals surface area contributed by atoms with Crippen LogP contribution in [0.5, 0.6) is 11.5 Å². The van der Waals surface area contributed by atoms with Gasteiger partial charge in [0.2, 0.25) is 0 Å². The maximum atomic E-state index is 6.29. The fraction of sp³-hybridized carbons (Fsp3) is 0.730. The van der Waals surface area contributed by atoms with Crippen molar-refractivity contribution in [3.8, 4) is 11.5 Å². The van der Waals surface area contributed by atoms with Gasteiger partial charge in [0.05, 0.1) is 13.2 Å². The topological polar surface area (TPSA) is 43.0 Å². The van der Waals surface area contributed by atoms with E-state index in [4.69, 9.17) is 14.2 Å². The molecule has 0 amide bonds. The van der Waals surface area contributed by atoms with Crippen molar-refractivity contribution in [2.24, 2.45) is 0 Å². The molecule has 1 aliphatic heterocycles. The van der Waals surface area contributed by atoms with Gasteiger partial charge in [-0.05, 0) is 116 Å². The third kappa shape index (κ3) is 18.0. The van der Waals surface area contributed by atoms with E-state index in [2.05, 4.69) is 74.6 Å². The number of unbranched alkanes of at least 4 members (excludes halogenated alkanes) is 10. The van der Waals surface area contributed by atoms with E-state index in [1.54, 1.807) is 0 Å². The Bertz CT molecular complexity index is 846. The Kier molecular flexibility index (Phi) is 21.3. The first kappa shape index (κ1) is 36.4. The van der Waals surface area contributed by atoms with Crippen LogP contribution in [0.25, 0.3) is 0 Å². The molecule has 1 saturated heterocycles. The van der Waals surface area contributed by atoms with Crippen LogP contribution in [-0.4, -0.2) is 51.6 Å². The van der Waals surface area contributed by atoms with Crippen molar-refractivity contribution in [2.45, 2.75) is 136 Å². The quantitative estimate of drug-likeness (QED) is 0.0916. The third-order valence-corrected chi connectivity index (χ3v) is 7.85. The van der Waals surface area contributed by atoms with Gasteiger partial charge in [-0.3, -0.25) is 5.32 Å². The highest BCUT2D eigenvalue weighted by Crippen LogP contribution is 2.31. The second kappa shape index (κ2) is 24.6. The van der Waals surface area contributed by atoms with Gasteiger partial charge >= 0.3 is 0 Å². The molecule has 0 spiro atoms. The summed E-state index contributed by atoms with van der Waals surface area (Å²) < 4.78 is 18.3. The summed E-state index contributed by atoms with van der Waals surface area (Å²) in [6, 6.07) is 4.39. The number of nitrogens with one attached hydrogen (secondary N) is 1. The van der Waals surface area contributed by atoms with E-state index in [1.165, 1.54) is 82.6 Å². The lowest BCUT2D eigenvalue weighted by Gasteiger charge is -2.23. The zero-order valence-electron chi connectivity index (χ0n) is 27.8. The Morgan fingerprint density at radius 2 is 1.43 bits per heavy atom. The SMILES string of the molecule is CCCCC/C=C\C/C=C\CCCCCCCCOc1cc(CN(C)C)cc(OCCCCNC2CCCCO2)c1C. The molecular formula is C37H64N2O3. The minimum atomic E-state index is 0.245. The molecule has 1 fully saturated rings. The molecule has 5 nitrogen and oxygen atoms in total. The smallest absolute Gasteiger partial charge is 0.126 e. The van der Waals surface area contributed by atoms with E-state index in [0.717, 1.165) is 82.1 Å². The number of nitrogens with zero attached hydrogens (tertiary/aromatic N) is 1. The van der Waals surface area contributed by atoms with Crippen molar-refractivity contribution in [1.29, 1.82) is 0 Å². The van der Waals surface area contributed by atoms with Crippen LogP contribution in [0.4, 0.5) is 0 Å². The lowest BCUT2D eigenvalue weighted by molar-refractivity contribution is -0.00524. The predicted molar refractivity (Wildman–Crippen MR) is 180 cm³/mol. The Hall–Kier alpha value is -1.82. The maximum Gasteiger partial charge on any atom is 0.126 e. The fourth-order valence-corrected chi connectivity index (χ4v) is 5.32. The molecule has 1 aromatic rings. The maximum absolute atomic E-state index is 6.29. The van der Waals surface area contributed by atoms with Crippen molar-refractivity contribution in [2.75, 3.05) is 40.5 Å². The van der Waals surface area contributed by atoms with Crippen molar-refractivity contribution < 1.29 is 14.2 Å². The molecule has 1 atom stereocenters. The summed E-state index contributed by atoms with van der Waals surface area (Å²) in [5, 5.41) is 3.53. The van der Waals surface area contributed by atoms with Crippen molar-refractivity contribution in [3.05, 3.63) is 47.6 Å². The van der Waals surface area contributed by atoms with Crippen LogP contribution in [-0.2, 0) is 11.3 Å². The number of rotatable bonds is 25. The molecule has 0 aliphatic carbocycles. The molecule has 0 saturated carbocycles. The summed E-state index contributed by atoms with van der Waals surface area (Å²) in [6.45, 7) is 8.64. The molecule has 1 unspecified atom stereocenters. The van der Waals surface area contributed by atoms with Gasteiger partial charge < -0.3 is 19.1 Å². The summed E-state index contributed by atoms with van der Waals surface area (Å²) in [5.74, 6) is 1.94. The number of ether oxygens (including phenoxy) is 3.